The fourth-order valence-corrected chi connectivity index (χ4v) is 2.00. The molecule has 0 aliphatic rings. The molecule has 0 saturated heterocycles. The monoisotopic (exact) mass is 295 g/mol. The minimum absolute atomic E-state index is 0.0771. The topological polar surface area (TPSA) is 84.3 Å². The minimum Gasteiger partial charge on any atom is -0.481 e. The molecule has 0 amide bonds. The van der Waals surface area contributed by atoms with Crippen LogP contribution in [0.15, 0.2) is 12.3 Å². The Morgan fingerprint density at radius 2 is 2.19 bits per heavy atom. The predicted octanol–water partition coefficient (Wildman–Crippen LogP) is 2.96. The van der Waals surface area contributed by atoms with Crippen molar-refractivity contribution in [2.24, 2.45) is 5.92 Å². The molecule has 6 nitrogen and oxygen atoms in total. The van der Waals surface area contributed by atoms with Crippen LogP contribution in [0.2, 0.25) is 0 Å². The van der Waals surface area contributed by atoms with Gasteiger partial charge in [0, 0.05) is 25.2 Å². The number of aromatic nitrogens is 2. The smallest absolute Gasteiger partial charge is 0.303 e. The maximum Gasteiger partial charge on any atom is 0.303 e. The first-order valence-corrected chi connectivity index (χ1v) is 7.46. The Morgan fingerprint density at radius 1 is 1.43 bits per heavy atom. The lowest BCUT2D eigenvalue weighted by atomic mass is 9.97. The summed E-state index contributed by atoms with van der Waals surface area (Å²) in [6.07, 6.45) is 4.56. The van der Waals surface area contributed by atoms with Crippen molar-refractivity contribution in [1.29, 1.82) is 0 Å². The minimum atomic E-state index is -0.733. The van der Waals surface area contributed by atoms with Crippen molar-refractivity contribution in [3.8, 4) is 5.88 Å². The first-order chi connectivity index (χ1) is 10.0. The van der Waals surface area contributed by atoms with Gasteiger partial charge in [0.2, 0.25) is 11.8 Å². The lowest BCUT2D eigenvalue weighted by molar-refractivity contribution is -0.137. The van der Waals surface area contributed by atoms with E-state index in [1.807, 2.05) is 13.8 Å². The molecule has 1 atom stereocenters. The van der Waals surface area contributed by atoms with Gasteiger partial charge in [-0.25, -0.2) is 4.98 Å². The van der Waals surface area contributed by atoms with E-state index in [0.717, 1.165) is 19.4 Å². The highest BCUT2D eigenvalue weighted by atomic mass is 16.5. The Labute approximate surface area is 126 Å². The highest BCUT2D eigenvalue weighted by Gasteiger charge is 2.09. The molecule has 1 aromatic heterocycles. The second kappa shape index (κ2) is 9.15. The number of aliphatic carboxylic acids is 1. The van der Waals surface area contributed by atoms with Crippen molar-refractivity contribution in [1.82, 2.24) is 9.97 Å². The second-order valence-electron chi connectivity index (χ2n) is 5.31. The zero-order valence-electron chi connectivity index (χ0n) is 13.0. The highest BCUT2D eigenvalue weighted by Crippen LogP contribution is 2.16. The number of carboxylic acid groups (broad SMARTS) is 1. The summed E-state index contributed by atoms with van der Waals surface area (Å²) in [6, 6.07) is 1.73. The number of carboxylic acids is 1. The van der Waals surface area contributed by atoms with Gasteiger partial charge in [-0.15, -0.1) is 0 Å². The van der Waals surface area contributed by atoms with Gasteiger partial charge in [-0.3, -0.25) is 4.79 Å². The van der Waals surface area contributed by atoms with E-state index in [1.165, 1.54) is 0 Å². The molecule has 1 unspecified atom stereocenters. The van der Waals surface area contributed by atoms with Gasteiger partial charge >= 0.3 is 5.97 Å². The van der Waals surface area contributed by atoms with Gasteiger partial charge in [0.05, 0.1) is 6.10 Å². The number of hydrogen-bond donors (Lipinski definition) is 2. The molecule has 0 aliphatic carbocycles. The Kier molecular flexibility index (Phi) is 7.50. The molecular weight excluding hydrogens is 270 g/mol. The third-order valence-electron chi connectivity index (χ3n) is 3.17. The molecule has 21 heavy (non-hydrogen) atoms. The molecule has 1 heterocycles. The average molecular weight is 295 g/mol. The summed E-state index contributed by atoms with van der Waals surface area (Å²) in [7, 11) is 0. The number of hydrogen-bond acceptors (Lipinski definition) is 5. The lowest BCUT2D eigenvalue weighted by Gasteiger charge is -2.14. The van der Waals surface area contributed by atoms with Crippen molar-refractivity contribution >= 4 is 11.9 Å². The van der Waals surface area contributed by atoms with E-state index >= 15 is 0 Å². The summed E-state index contributed by atoms with van der Waals surface area (Å²) in [5.41, 5.74) is 0. The summed E-state index contributed by atoms with van der Waals surface area (Å²) < 4.78 is 5.51. The number of anilines is 1. The normalized spacial score (nSPS) is 12.2. The van der Waals surface area contributed by atoms with Crippen LogP contribution in [0.5, 0.6) is 5.88 Å². The zero-order chi connectivity index (χ0) is 15.7. The molecule has 1 rings (SSSR count). The summed E-state index contributed by atoms with van der Waals surface area (Å²) in [5.74, 6) is 0.772. The van der Waals surface area contributed by atoms with Crippen molar-refractivity contribution in [3.05, 3.63) is 12.3 Å². The molecule has 0 spiro atoms. The first kappa shape index (κ1) is 17.2. The molecule has 118 valence electrons. The number of nitrogens with one attached hydrogen (secondary N) is 1. The van der Waals surface area contributed by atoms with Crippen LogP contribution in [0, 0.1) is 5.92 Å². The standard InChI is InChI=1S/C15H25N3O3/c1-4-12(5-6-14(19)20)7-9-16-15-17-10-8-13(18-15)21-11(2)3/h8,10-12H,4-7,9H2,1-3H3,(H,19,20)(H,16,17,18). The molecule has 6 heteroatoms. The SMILES string of the molecule is CCC(CCNc1nccc(OC(C)C)n1)CCC(=O)O. The van der Waals surface area contributed by atoms with Crippen LogP contribution in [0.3, 0.4) is 0 Å². The van der Waals surface area contributed by atoms with Crippen molar-refractivity contribution in [2.75, 3.05) is 11.9 Å². The summed E-state index contributed by atoms with van der Waals surface area (Å²) in [5, 5.41) is 11.9. The fourth-order valence-electron chi connectivity index (χ4n) is 2.00. The lowest BCUT2D eigenvalue weighted by Crippen LogP contribution is -2.13. The van der Waals surface area contributed by atoms with Crippen LogP contribution in [-0.2, 0) is 4.79 Å². The molecule has 0 bridgehead atoms. The number of nitrogens with zero attached hydrogens (tertiary/aromatic N) is 2. The van der Waals surface area contributed by atoms with Gasteiger partial charge < -0.3 is 15.2 Å². The average Bonchev–Trinajstić information content (AvgIpc) is 2.42. The van der Waals surface area contributed by atoms with E-state index in [0.29, 0.717) is 24.2 Å². The zero-order valence-corrected chi connectivity index (χ0v) is 13.0. The van der Waals surface area contributed by atoms with Crippen molar-refractivity contribution < 1.29 is 14.6 Å². The van der Waals surface area contributed by atoms with E-state index in [2.05, 4.69) is 22.2 Å². The van der Waals surface area contributed by atoms with Crippen LogP contribution < -0.4 is 10.1 Å². The molecule has 0 fully saturated rings. The van der Waals surface area contributed by atoms with Crippen molar-refractivity contribution in [2.45, 2.75) is 52.6 Å². The number of ether oxygens (including phenoxy) is 1. The number of rotatable bonds is 10. The van der Waals surface area contributed by atoms with E-state index in [9.17, 15) is 4.79 Å². The van der Waals surface area contributed by atoms with Crippen LogP contribution >= 0.6 is 0 Å². The summed E-state index contributed by atoms with van der Waals surface area (Å²) in [4.78, 5) is 19.0. The fraction of sp³-hybridized carbons (Fsp3) is 0.667. The summed E-state index contributed by atoms with van der Waals surface area (Å²) >= 11 is 0. The molecule has 0 aromatic carbocycles. The highest BCUT2D eigenvalue weighted by molar-refractivity contribution is 5.66. The van der Waals surface area contributed by atoms with Gasteiger partial charge in [-0.2, -0.15) is 4.98 Å². The van der Waals surface area contributed by atoms with Crippen LogP contribution in [0.1, 0.15) is 46.5 Å². The third-order valence-corrected chi connectivity index (χ3v) is 3.17. The molecule has 2 N–H and O–H groups in total. The Morgan fingerprint density at radius 3 is 2.81 bits per heavy atom. The Balaban J connectivity index is 2.38. The molecule has 0 radical (unpaired) electrons. The maximum absolute atomic E-state index is 10.6. The molecular formula is C15H25N3O3. The van der Waals surface area contributed by atoms with Crippen LogP contribution in [0.4, 0.5) is 5.95 Å². The van der Waals surface area contributed by atoms with E-state index in [1.54, 1.807) is 12.3 Å². The van der Waals surface area contributed by atoms with Crippen molar-refractivity contribution in [3.63, 3.8) is 0 Å². The van der Waals surface area contributed by atoms with E-state index in [-0.39, 0.29) is 12.5 Å². The van der Waals surface area contributed by atoms with Crippen LogP contribution in [0.25, 0.3) is 0 Å². The summed E-state index contributed by atoms with van der Waals surface area (Å²) in [6.45, 7) is 6.70. The van der Waals surface area contributed by atoms with Gasteiger partial charge in [0.1, 0.15) is 0 Å². The molecule has 0 aliphatic heterocycles. The quantitative estimate of drug-likeness (QED) is 0.690. The second-order valence-corrected chi connectivity index (χ2v) is 5.31. The van der Waals surface area contributed by atoms with Gasteiger partial charge in [-0.05, 0) is 32.6 Å². The largest absolute Gasteiger partial charge is 0.481 e. The van der Waals surface area contributed by atoms with E-state index in [4.69, 9.17) is 9.84 Å². The van der Waals surface area contributed by atoms with Gasteiger partial charge in [-0.1, -0.05) is 13.3 Å². The maximum atomic E-state index is 10.6. The Hall–Kier alpha value is -1.85. The Bertz CT molecular complexity index is 438. The first-order valence-electron chi connectivity index (χ1n) is 7.46. The third kappa shape index (κ3) is 7.48. The predicted molar refractivity (Wildman–Crippen MR) is 81.6 cm³/mol. The van der Waals surface area contributed by atoms with Crippen LogP contribution in [-0.4, -0.2) is 33.7 Å². The van der Waals surface area contributed by atoms with Gasteiger partial charge in [0.15, 0.2) is 0 Å². The molecule has 0 saturated carbocycles. The number of carbonyl (C=O) groups is 1. The van der Waals surface area contributed by atoms with Gasteiger partial charge in [0.25, 0.3) is 0 Å². The molecule has 1 aromatic rings. The van der Waals surface area contributed by atoms with E-state index < -0.39 is 5.97 Å².